The molecule has 18 heavy (non-hydrogen) atoms. The third-order valence-corrected chi connectivity index (χ3v) is 1.94. The summed E-state index contributed by atoms with van der Waals surface area (Å²) in [5, 5.41) is 39.5. The molecule has 0 aliphatic carbocycles. The van der Waals surface area contributed by atoms with Crippen LogP contribution in [0.15, 0.2) is 0 Å². The van der Waals surface area contributed by atoms with Gasteiger partial charge in [-0.2, -0.15) is 0 Å². The molecule has 9 nitrogen and oxygen atoms in total. The second-order valence-electron chi connectivity index (χ2n) is 3.51. The number of rotatable bonds is 10. The van der Waals surface area contributed by atoms with E-state index >= 15 is 0 Å². The first-order chi connectivity index (χ1) is 8.32. The Morgan fingerprint density at radius 2 is 1.39 bits per heavy atom. The van der Waals surface area contributed by atoms with E-state index < -0.39 is 43.0 Å². The highest BCUT2D eigenvalue weighted by Crippen LogP contribution is 1.92. The fraction of sp³-hybridized carbons (Fsp3) is 0.667. The average molecular weight is 264 g/mol. The van der Waals surface area contributed by atoms with Gasteiger partial charge in [-0.25, -0.2) is 0 Å². The molecule has 2 atom stereocenters. The molecule has 0 aromatic heterocycles. The normalized spacial score (nSPS) is 13.8. The molecule has 0 aromatic carbocycles. The van der Waals surface area contributed by atoms with Crippen molar-refractivity contribution in [3.8, 4) is 0 Å². The number of aliphatic hydroxyl groups is 1. The summed E-state index contributed by atoms with van der Waals surface area (Å²) in [5.41, 5.74) is 0. The third-order valence-electron chi connectivity index (χ3n) is 1.94. The Morgan fingerprint density at radius 3 is 1.83 bits per heavy atom. The SMILES string of the molecule is O=C(O)CC(O)NCCNC(CC(=O)O)C(=O)O. The summed E-state index contributed by atoms with van der Waals surface area (Å²) in [6.45, 7) is 0.193. The maximum Gasteiger partial charge on any atom is 0.321 e. The molecule has 0 amide bonds. The lowest BCUT2D eigenvalue weighted by molar-refractivity contribution is -0.145. The number of nitrogens with one attached hydrogen (secondary N) is 2. The molecule has 0 aromatic rings. The van der Waals surface area contributed by atoms with E-state index in [2.05, 4.69) is 10.6 Å². The van der Waals surface area contributed by atoms with Crippen LogP contribution in [-0.2, 0) is 14.4 Å². The van der Waals surface area contributed by atoms with Gasteiger partial charge in [-0.3, -0.25) is 19.7 Å². The molecular weight excluding hydrogens is 248 g/mol. The molecule has 0 aliphatic heterocycles. The number of carboxylic acids is 3. The van der Waals surface area contributed by atoms with Crippen LogP contribution in [0.25, 0.3) is 0 Å². The molecule has 0 saturated heterocycles. The van der Waals surface area contributed by atoms with Crippen molar-refractivity contribution in [2.24, 2.45) is 0 Å². The van der Waals surface area contributed by atoms with Crippen molar-refractivity contribution in [2.75, 3.05) is 13.1 Å². The molecule has 0 spiro atoms. The van der Waals surface area contributed by atoms with Gasteiger partial charge < -0.3 is 25.7 Å². The van der Waals surface area contributed by atoms with Crippen LogP contribution < -0.4 is 10.6 Å². The maximum absolute atomic E-state index is 10.6. The van der Waals surface area contributed by atoms with Gasteiger partial charge >= 0.3 is 17.9 Å². The molecule has 0 bridgehead atoms. The van der Waals surface area contributed by atoms with Gasteiger partial charge in [0.1, 0.15) is 12.3 Å². The minimum atomic E-state index is -1.29. The summed E-state index contributed by atoms with van der Waals surface area (Å²) < 4.78 is 0. The molecule has 6 N–H and O–H groups in total. The van der Waals surface area contributed by atoms with Crippen molar-refractivity contribution < 1.29 is 34.8 Å². The van der Waals surface area contributed by atoms with Gasteiger partial charge in [0.15, 0.2) is 0 Å². The maximum atomic E-state index is 10.6. The van der Waals surface area contributed by atoms with Gasteiger partial charge in [0, 0.05) is 13.1 Å². The molecule has 2 unspecified atom stereocenters. The second kappa shape index (κ2) is 8.39. The number of hydrogen-bond donors (Lipinski definition) is 6. The molecule has 0 aliphatic rings. The fourth-order valence-corrected chi connectivity index (χ4v) is 1.14. The summed E-state index contributed by atoms with van der Waals surface area (Å²) in [7, 11) is 0. The van der Waals surface area contributed by atoms with E-state index in [1.807, 2.05) is 0 Å². The Morgan fingerprint density at radius 1 is 0.889 bits per heavy atom. The predicted octanol–water partition coefficient (Wildman–Crippen LogP) is -2.11. The minimum absolute atomic E-state index is 0.0843. The summed E-state index contributed by atoms with van der Waals surface area (Å²) >= 11 is 0. The van der Waals surface area contributed by atoms with Crippen LogP contribution in [-0.4, -0.2) is 63.7 Å². The summed E-state index contributed by atoms with van der Waals surface area (Å²) in [6, 6.07) is -1.22. The molecule has 0 rings (SSSR count). The van der Waals surface area contributed by atoms with Crippen molar-refractivity contribution in [3.63, 3.8) is 0 Å². The minimum Gasteiger partial charge on any atom is -0.481 e. The van der Waals surface area contributed by atoms with Gasteiger partial charge in [-0.1, -0.05) is 0 Å². The van der Waals surface area contributed by atoms with Crippen LogP contribution in [0.1, 0.15) is 12.8 Å². The average Bonchev–Trinajstić information content (AvgIpc) is 2.20. The smallest absolute Gasteiger partial charge is 0.321 e. The predicted molar refractivity (Wildman–Crippen MR) is 57.9 cm³/mol. The zero-order valence-electron chi connectivity index (χ0n) is 9.50. The van der Waals surface area contributed by atoms with Crippen LogP contribution in [0.2, 0.25) is 0 Å². The van der Waals surface area contributed by atoms with Crippen LogP contribution in [0.4, 0.5) is 0 Å². The second-order valence-corrected chi connectivity index (χ2v) is 3.51. The Hall–Kier alpha value is -1.71. The lowest BCUT2D eigenvalue weighted by Gasteiger charge is -2.14. The van der Waals surface area contributed by atoms with E-state index in [0.717, 1.165) is 0 Å². The van der Waals surface area contributed by atoms with Crippen molar-refractivity contribution in [3.05, 3.63) is 0 Å². The van der Waals surface area contributed by atoms with Crippen LogP contribution in [0.5, 0.6) is 0 Å². The molecule has 0 heterocycles. The summed E-state index contributed by atoms with van der Waals surface area (Å²) in [5.74, 6) is -3.70. The van der Waals surface area contributed by atoms with Crippen molar-refractivity contribution in [1.82, 2.24) is 10.6 Å². The van der Waals surface area contributed by atoms with Crippen LogP contribution in [0.3, 0.4) is 0 Å². The molecular formula is C9H16N2O7. The van der Waals surface area contributed by atoms with Crippen molar-refractivity contribution in [2.45, 2.75) is 25.1 Å². The quantitative estimate of drug-likeness (QED) is 0.192. The Kier molecular flexibility index (Phi) is 7.59. The standard InChI is InChI=1S/C9H16N2O7/c12-6(4-8(15)16)11-2-1-10-5(9(17)18)3-7(13)14/h5-6,10-12H,1-4H2,(H,13,14)(H,15,16)(H,17,18). The van der Waals surface area contributed by atoms with E-state index in [9.17, 15) is 14.4 Å². The zero-order chi connectivity index (χ0) is 14.1. The Balaban J connectivity index is 3.83. The summed E-state index contributed by atoms with van der Waals surface area (Å²) in [6.07, 6.45) is -2.27. The third kappa shape index (κ3) is 8.44. The van der Waals surface area contributed by atoms with E-state index in [1.165, 1.54) is 0 Å². The highest BCUT2D eigenvalue weighted by molar-refractivity contribution is 5.80. The number of carbonyl (C=O) groups is 3. The number of carboxylic acid groups (broad SMARTS) is 3. The van der Waals surface area contributed by atoms with Crippen molar-refractivity contribution >= 4 is 17.9 Å². The van der Waals surface area contributed by atoms with Crippen molar-refractivity contribution in [1.29, 1.82) is 0 Å². The van der Waals surface area contributed by atoms with E-state index in [-0.39, 0.29) is 13.1 Å². The van der Waals surface area contributed by atoms with Gasteiger partial charge in [0.05, 0.1) is 12.8 Å². The lowest BCUT2D eigenvalue weighted by Crippen LogP contribution is -2.43. The molecule has 9 heteroatoms. The Bertz CT molecular complexity index is 307. The molecule has 0 fully saturated rings. The summed E-state index contributed by atoms with van der Waals surface area (Å²) in [4.78, 5) is 31.2. The molecule has 0 radical (unpaired) electrons. The van der Waals surface area contributed by atoms with Crippen LogP contribution >= 0.6 is 0 Å². The van der Waals surface area contributed by atoms with Gasteiger partial charge in [-0.05, 0) is 0 Å². The molecule has 104 valence electrons. The highest BCUT2D eigenvalue weighted by Gasteiger charge is 2.19. The number of hydrogen-bond acceptors (Lipinski definition) is 6. The van der Waals surface area contributed by atoms with E-state index in [1.54, 1.807) is 0 Å². The first-order valence-corrected chi connectivity index (χ1v) is 5.14. The first-order valence-electron chi connectivity index (χ1n) is 5.14. The topological polar surface area (TPSA) is 156 Å². The highest BCUT2D eigenvalue weighted by atomic mass is 16.4. The number of aliphatic hydroxyl groups excluding tert-OH is 1. The zero-order valence-corrected chi connectivity index (χ0v) is 9.50. The van der Waals surface area contributed by atoms with Crippen LogP contribution in [0, 0.1) is 0 Å². The van der Waals surface area contributed by atoms with E-state index in [0.29, 0.717) is 0 Å². The van der Waals surface area contributed by atoms with Gasteiger partial charge in [0.25, 0.3) is 0 Å². The Labute approximate surface area is 102 Å². The largest absolute Gasteiger partial charge is 0.481 e. The monoisotopic (exact) mass is 264 g/mol. The van der Waals surface area contributed by atoms with Gasteiger partial charge in [0.2, 0.25) is 0 Å². The molecule has 0 saturated carbocycles. The fourth-order valence-electron chi connectivity index (χ4n) is 1.14. The van der Waals surface area contributed by atoms with E-state index in [4.69, 9.17) is 20.4 Å². The number of aliphatic carboxylic acids is 3. The lowest BCUT2D eigenvalue weighted by atomic mass is 10.2. The first kappa shape index (κ1) is 16.3. The van der Waals surface area contributed by atoms with Gasteiger partial charge in [-0.15, -0.1) is 0 Å².